The van der Waals surface area contributed by atoms with Gasteiger partial charge in [0.1, 0.15) is 16.4 Å². The van der Waals surface area contributed by atoms with E-state index in [4.69, 9.17) is 4.74 Å². The second-order valence-electron chi connectivity index (χ2n) is 10.1. The van der Waals surface area contributed by atoms with E-state index in [2.05, 4.69) is 14.7 Å². The third kappa shape index (κ3) is 5.40. The number of fused-ring (bicyclic) bond motifs is 1. The van der Waals surface area contributed by atoms with E-state index < -0.39 is 29.2 Å². The smallest absolute Gasteiger partial charge is 0.332 e. The molecule has 1 unspecified atom stereocenters. The molecule has 0 saturated heterocycles. The lowest BCUT2D eigenvalue weighted by Gasteiger charge is -2.16. The second kappa shape index (κ2) is 11.9. The Bertz CT molecular complexity index is 2100. The van der Waals surface area contributed by atoms with Crippen LogP contribution in [0.15, 0.2) is 86.9 Å². The van der Waals surface area contributed by atoms with Crippen LogP contribution in [0, 0.1) is 5.82 Å². The predicted molar refractivity (Wildman–Crippen MR) is 161 cm³/mol. The molecule has 0 bridgehead atoms. The number of ether oxygens (including phenoxy) is 1. The zero-order valence-corrected chi connectivity index (χ0v) is 24.5. The maximum Gasteiger partial charge on any atom is 0.332 e. The molecule has 0 amide bonds. The third-order valence-corrected chi connectivity index (χ3v) is 8.72. The Kier molecular flexibility index (Phi) is 7.85. The largest absolute Gasteiger partial charge is 0.528 e. The van der Waals surface area contributed by atoms with Gasteiger partial charge in [-0.15, -0.1) is 11.3 Å². The molecule has 0 aliphatic heterocycles. The molecule has 1 N–H and O–H groups in total. The number of halogens is 1. The van der Waals surface area contributed by atoms with Crippen molar-refractivity contribution in [2.24, 2.45) is 0 Å². The van der Waals surface area contributed by atoms with Gasteiger partial charge in [-0.05, 0) is 47.4 Å². The van der Waals surface area contributed by atoms with Gasteiger partial charge in [-0.3, -0.25) is 13.9 Å². The van der Waals surface area contributed by atoms with E-state index in [0.29, 0.717) is 44.6 Å². The van der Waals surface area contributed by atoms with Crippen molar-refractivity contribution in [2.45, 2.75) is 32.5 Å². The van der Waals surface area contributed by atoms with E-state index in [-0.39, 0.29) is 24.5 Å². The van der Waals surface area contributed by atoms with Crippen LogP contribution in [0.2, 0.25) is 0 Å². The first-order valence-electron chi connectivity index (χ1n) is 13.7. The average molecular weight is 614 g/mol. The zero-order valence-electron chi connectivity index (χ0n) is 23.7. The molecule has 0 aliphatic carbocycles. The maximum absolute atomic E-state index is 15.7. The molecule has 0 spiro atoms. The Morgan fingerprint density at radius 1 is 1.05 bits per heavy atom. The van der Waals surface area contributed by atoms with Crippen LogP contribution < -0.4 is 21.1 Å². The van der Waals surface area contributed by atoms with Crippen LogP contribution >= 0.6 is 11.3 Å². The standard InChI is InChI=1S/C32H27FN4O6S/c1-3-22-15-25-29(39)36(17-27(38)18-10-12-21(42-2)13-11-18)32(41)37(30(25)44-22)16-20-9-8-19(14-26(20)33)23-6-4-5-7-24(23)28-34-31(40)43-35-28/h4-15,27,38H,3,16-17H2,1-2H3,(H,34,35,40)/p-1. The van der Waals surface area contributed by atoms with E-state index in [1.165, 1.54) is 29.1 Å². The topological polar surface area (TPSA) is 135 Å². The van der Waals surface area contributed by atoms with Gasteiger partial charge in [-0.2, -0.15) is 5.16 Å². The van der Waals surface area contributed by atoms with Gasteiger partial charge in [-0.25, -0.2) is 14.2 Å². The van der Waals surface area contributed by atoms with Crippen LogP contribution in [0.5, 0.6) is 11.8 Å². The molecule has 3 aromatic heterocycles. The molecule has 44 heavy (non-hydrogen) atoms. The number of methoxy groups -OCH3 is 1. The summed E-state index contributed by atoms with van der Waals surface area (Å²) in [5.41, 5.74) is 1.16. The summed E-state index contributed by atoms with van der Waals surface area (Å²) >= 11 is 1.31. The number of thiophene rings is 1. The van der Waals surface area contributed by atoms with E-state index in [1.807, 2.05) is 6.92 Å². The lowest BCUT2D eigenvalue weighted by atomic mass is 9.98. The quantitative estimate of drug-likeness (QED) is 0.252. The number of aryl methyl sites for hydroxylation is 1. The highest BCUT2D eigenvalue weighted by Gasteiger charge is 2.21. The van der Waals surface area contributed by atoms with E-state index in [9.17, 15) is 19.8 Å². The molecule has 224 valence electrons. The molecule has 3 aromatic carbocycles. The van der Waals surface area contributed by atoms with Crippen LogP contribution in [0.25, 0.3) is 32.7 Å². The van der Waals surface area contributed by atoms with Gasteiger partial charge in [-0.1, -0.05) is 55.5 Å². The molecule has 0 fully saturated rings. The lowest BCUT2D eigenvalue weighted by molar-refractivity contribution is -0.303. The van der Waals surface area contributed by atoms with Gasteiger partial charge in [0.2, 0.25) is 0 Å². The summed E-state index contributed by atoms with van der Waals surface area (Å²) in [6, 6.07) is 20.0. The number of nitrogens with zero attached hydrogens (tertiary/aromatic N) is 4. The summed E-state index contributed by atoms with van der Waals surface area (Å²) in [6.45, 7) is 1.52. The summed E-state index contributed by atoms with van der Waals surface area (Å²) in [5.74, 6) is 0.126. The van der Waals surface area contributed by atoms with Crippen LogP contribution in [0.4, 0.5) is 4.39 Å². The van der Waals surface area contributed by atoms with Crippen LogP contribution in [-0.4, -0.2) is 31.5 Å². The number of hydrogen-bond acceptors (Lipinski definition) is 9. The van der Waals surface area contributed by atoms with Crippen molar-refractivity contribution in [1.29, 1.82) is 0 Å². The molecule has 6 rings (SSSR count). The molecule has 0 radical (unpaired) electrons. The van der Waals surface area contributed by atoms with Crippen LogP contribution in [-0.2, 0) is 19.5 Å². The van der Waals surface area contributed by atoms with Crippen molar-refractivity contribution >= 4 is 21.6 Å². The van der Waals surface area contributed by atoms with Crippen molar-refractivity contribution in [1.82, 2.24) is 19.3 Å². The fourth-order valence-electron chi connectivity index (χ4n) is 5.09. The fraction of sp³-hybridized carbons (Fsp3) is 0.188. The average Bonchev–Trinajstić information content (AvgIpc) is 3.68. The maximum atomic E-state index is 15.7. The summed E-state index contributed by atoms with van der Waals surface area (Å²) in [7, 11) is 1.53. The summed E-state index contributed by atoms with van der Waals surface area (Å²) in [5, 5.41) is 26.4. The first kappa shape index (κ1) is 29.0. The van der Waals surface area contributed by atoms with Gasteiger partial charge in [0.05, 0.1) is 31.7 Å². The Hall–Kier alpha value is -5.07. The highest BCUT2D eigenvalue weighted by atomic mass is 32.1. The highest BCUT2D eigenvalue weighted by Crippen LogP contribution is 2.32. The van der Waals surface area contributed by atoms with Crippen molar-refractivity contribution in [2.75, 3.05) is 7.11 Å². The van der Waals surface area contributed by atoms with Gasteiger partial charge in [0.15, 0.2) is 11.9 Å². The number of benzene rings is 3. The molecule has 10 nitrogen and oxygen atoms in total. The third-order valence-electron chi connectivity index (χ3n) is 7.42. The zero-order chi connectivity index (χ0) is 31.0. The van der Waals surface area contributed by atoms with E-state index in [0.717, 1.165) is 9.44 Å². The number of hydrogen-bond donors (Lipinski definition) is 1. The minimum absolute atomic E-state index is 0.0903. The van der Waals surface area contributed by atoms with E-state index in [1.54, 1.807) is 66.7 Å². The Labute approximate surface area is 253 Å². The first-order chi connectivity index (χ1) is 21.3. The summed E-state index contributed by atoms with van der Waals surface area (Å²) < 4.78 is 27.8. The predicted octanol–water partition coefficient (Wildman–Crippen LogP) is 4.51. The van der Waals surface area contributed by atoms with Gasteiger partial charge in [0.25, 0.3) is 5.56 Å². The Balaban J connectivity index is 1.39. The van der Waals surface area contributed by atoms with Crippen LogP contribution in [0.3, 0.4) is 0 Å². The molecular formula is C32H26FN4O6S-. The summed E-state index contributed by atoms with van der Waals surface area (Å²) in [4.78, 5) is 32.4. The molecule has 3 heterocycles. The van der Waals surface area contributed by atoms with Gasteiger partial charge in [0, 0.05) is 16.0 Å². The van der Waals surface area contributed by atoms with Gasteiger partial charge < -0.3 is 19.5 Å². The van der Waals surface area contributed by atoms with Crippen molar-refractivity contribution in [3.8, 4) is 34.3 Å². The SMILES string of the molecule is CCc1cc2c(=O)n(CC(O)c3ccc(OC)cc3)c(=O)n(Cc3ccc(-c4ccccc4-c4noc([O-])n4)cc3F)c2s1. The van der Waals surface area contributed by atoms with E-state index >= 15 is 4.39 Å². The minimum Gasteiger partial charge on any atom is -0.528 e. The second-order valence-corrected chi connectivity index (χ2v) is 11.2. The molecule has 0 saturated carbocycles. The Morgan fingerprint density at radius 2 is 1.80 bits per heavy atom. The van der Waals surface area contributed by atoms with Crippen molar-refractivity contribution in [3.63, 3.8) is 0 Å². The molecule has 1 atom stereocenters. The number of aliphatic hydroxyl groups excluding tert-OH is 1. The molecular weight excluding hydrogens is 587 g/mol. The van der Waals surface area contributed by atoms with Crippen molar-refractivity contribution < 1.29 is 23.9 Å². The first-order valence-corrected chi connectivity index (χ1v) is 14.6. The fourth-order valence-corrected chi connectivity index (χ4v) is 6.17. The lowest BCUT2D eigenvalue weighted by Crippen LogP contribution is -2.41. The van der Waals surface area contributed by atoms with Gasteiger partial charge >= 0.3 is 5.69 Å². The molecule has 6 aromatic rings. The summed E-state index contributed by atoms with van der Waals surface area (Å²) in [6.07, 6.45) is -1.32. The highest BCUT2D eigenvalue weighted by molar-refractivity contribution is 7.18. The Morgan fingerprint density at radius 3 is 2.45 bits per heavy atom. The number of rotatable bonds is 9. The van der Waals surface area contributed by atoms with Crippen molar-refractivity contribution in [3.05, 3.63) is 115 Å². The normalized spacial score (nSPS) is 12.1. The monoisotopic (exact) mass is 613 g/mol. The van der Waals surface area contributed by atoms with Crippen LogP contribution in [0.1, 0.15) is 29.0 Å². The minimum atomic E-state index is -1.14. The number of aromatic nitrogens is 4. The number of aliphatic hydroxyl groups is 1. The molecule has 0 aliphatic rings. The molecule has 12 heteroatoms.